The zero-order valence-electron chi connectivity index (χ0n) is 20.0. The molecule has 0 aromatic heterocycles. The van der Waals surface area contributed by atoms with E-state index in [1.807, 2.05) is 0 Å². The Morgan fingerprint density at radius 1 is 1.00 bits per heavy atom. The maximum atomic E-state index is 7.13. The van der Waals surface area contributed by atoms with E-state index in [0.717, 1.165) is 10.0 Å². The van der Waals surface area contributed by atoms with E-state index in [1.165, 1.54) is 5.56 Å². The van der Waals surface area contributed by atoms with Crippen LogP contribution in [0.15, 0.2) is 63.5 Å². The van der Waals surface area contributed by atoms with Gasteiger partial charge in [-0.15, -0.1) is 0 Å². The molecule has 0 saturated carbocycles. The molecule has 2 aromatic rings. The second-order valence-electron chi connectivity index (χ2n) is 10.2. The monoisotopic (exact) mass is 538 g/mol. The Bertz CT molecular complexity index is 960. The number of benzene rings is 2. The van der Waals surface area contributed by atoms with Crippen LogP contribution in [0.1, 0.15) is 30.0 Å². The molecule has 4 atom stereocenters. The second-order valence-corrected chi connectivity index (χ2v) is 23.2. The Kier molecular flexibility index (Phi) is 7.59. The third-order valence-electron chi connectivity index (χ3n) is 5.26. The summed E-state index contributed by atoms with van der Waals surface area (Å²) in [6.45, 7) is 15.9. The molecule has 3 rings (SSSR count). The molecule has 0 aliphatic carbocycles. The summed E-state index contributed by atoms with van der Waals surface area (Å²) in [6, 6.07) is 19.1. The molecule has 0 amide bonds. The van der Waals surface area contributed by atoms with Crippen molar-refractivity contribution < 1.29 is 8.95 Å². The summed E-state index contributed by atoms with van der Waals surface area (Å²) in [5.74, 6) is -0.220. The van der Waals surface area contributed by atoms with Gasteiger partial charge in [-0.25, -0.2) is 4.67 Å². The zero-order chi connectivity index (χ0) is 23.0. The van der Waals surface area contributed by atoms with Crippen molar-refractivity contribution in [3.8, 4) is 0 Å². The topological polar surface area (TPSA) is 34.1 Å². The molecule has 1 heterocycles. The molecular formula is C23H36BrN2O2PSi2. The minimum Gasteiger partial charge on any atom is -0.402 e. The summed E-state index contributed by atoms with van der Waals surface area (Å²) < 4.78 is 23.1. The van der Waals surface area contributed by atoms with E-state index < -0.39 is 24.0 Å². The average Bonchev–Trinajstić information content (AvgIpc) is 2.91. The Morgan fingerprint density at radius 3 is 2.13 bits per heavy atom. The molecule has 8 heteroatoms. The number of halogens is 1. The maximum Gasteiger partial charge on any atom is 0.185 e. The van der Waals surface area contributed by atoms with Crippen LogP contribution < -0.4 is 0 Å². The number of likely N-dealkylation sites (N-methyl/N-ethyl adjacent to an activating group) is 1. The van der Waals surface area contributed by atoms with Gasteiger partial charge in [0.25, 0.3) is 0 Å². The summed E-state index contributed by atoms with van der Waals surface area (Å²) in [6.07, 6.45) is -0.0325. The van der Waals surface area contributed by atoms with Crippen LogP contribution in [0.5, 0.6) is 0 Å². The number of hydrogen-bond acceptors (Lipinski definition) is 3. The first-order chi connectivity index (χ1) is 14.3. The highest BCUT2D eigenvalue weighted by Gasteiger charge is 2.52. The van der Waals surface area contributed by atoms with Gasteiger partial charge in [0.1, 0.15) is 11.9 Å². The van der Waals surface area contributed by atoms with Crippen LogP contribution in [0.2, 0.25) is 39.3 Å². The first-order valence-electron chi connectivity index (χ1n) is 10.9. The molecule has 1 unspecified atom stereocenters. The first-order valence-corrected chi connectivity index (χ1v) is 20.2. The fourth-order valence-corrected chi connectivity index (χ4v) is 13.9. The van der Waals surface area contributed by atoms with Crippen LogP contribution in [-0.2, 0) is 8.95 Å². The lowest BCUT2D eigenvalue weighted by Crippen LogP contribution is -2.32. The van der Waals surface area contributed by atoms with Gasteiger partial charge < -0.3 is 13.4 Å². The molecule has 170 valence electrons. The van der Waals surface area contributed by atoms with E-state index in [4.69, 9.17) is 13.4 Å². The lowest BCUT2D eigenvalue weighted by molar-refractivity contribution is 0.201. The van der Waals surface area contributed by atoms with Crippen molar-refractivity contribution in [2.24, 2.45) is 4.41 Å². The molecule has 2 aromatic carbocycles. The molecule has 0 spiro atoms. The van der Waals surface area contributed by atoms with E-state index in [2.05, 4.69) is 128 Å². The van der Waals surface area contributed by atoms with Gasteiger partial charge in [-0.2, -0.15) is 0 Å². The Morgan fingerprint density at radius 2 is 1.58 bits per heavy atom. The molecule has 1 saturated heterocycles. The first kappa shape index (κ1) is 25.1. The third-order valence-corrected chi connectivity index (χ3v) is 13.5. The van der Waals surface area contributed by atoms with Gasteiger partial charge in [0, 0.05) is 16.1 Å². The van der Waals surface area contributed by atoms with Crippen molar-refractivity contribution in [3.63, 3.8) is 0 Å². The van der Waals surface area contributed by atoms with Crippen molar-refractivity contribution in [3.05, 3.63) is 70.2 Å². The Balaban J connectivity index is 2.26. The van der Waals surface area contributed by atoms with E-state index in [-0.39, 0.29) is 18.0 Å². The quantitative estimate of drug-likeness (QED) is 0.274. The Labute approximate surface area is 198 Å². The predicted octanol–water partition coefficient (Wildman–Crippen LogP) is 8.26. The van der Waals surface area contributed by atoms with Gasteiger partial charge in [-0.3, -0.25) is 0 Å². The largest absolute Gasteiger partial charge is 0.402 e. The van der Waals surface area contributed by atoms with Crippen molar-refractivity contribution in [2.45, 2.75) is 64.2 Å². The standard InChI is InChI=1S/C23H36BrN2O2PSi2/c1-18-22(19-14-10-9-11-15-19)27-29(26(18)2,25-30(3,4)5)23(28-31(6,7)8)20-16-12-13-17-21(20)24/h9-18,22-23H,1-8H3/t18-,22-,23+,29?/m0/s1. The molecule has 31 heavy (non-hydrogen) atoms. The number of rotatable bonds is 6. The van der Waals surface area contributed by atoms with Gasteiger partial charge in [0.2, 0.25) is 0 Å². The van der Waals surface area contributed by atoms with Crippen LogP contribution in [0.4, 0.5) is 0 Å². The summed E-state index contributed by atoms with van der Waals surface area (Å²) in [4.78, 5) is 0. The fraction of sp³-hybridized carbons (Fsp3) is 0.478. The van der Waals surface area contributed by atoms with E-state index in [0.29, 0.717) is 0 Å². The van der Waals surface area contributed by atoms with Crippen LogP contribution >= 0.6 is 23.4 Å². The van der Waals surface area contributed by atoms with Crippen LogP contribution in [0.25, 0.3) is 0 Å². The number of nitrogens with zero attached hydrogens (tertiary/aromatic N) is 2. The summed E-state index contributed by atoms with van der Waals surface area (Å²) >= 11 is 3.80. The van der Waals surface area contributed by atoms with Crippen LogP contribution in [0.3, 0.4) is 0 Å². The van der Waals surface area contributed by atoms with Gasteiger partial charge in [-0.1, -0.05) is 64.5 Å². The predicted molar refractivity (Wildman–Crippen MR) is 142 cm³/mol. The second kappa shape index (κ2) is 9.37. The molecule has 1 aliphatic heterocycles. The van der Waals surface area contributed by atoms with E-state index in [1.54, 1.807) is 0 Å². The zero-order valence-corrected chi connectivity index (χ0v) is 24.4. The van der Waals surface area contributed by atoms with Crippen molar-refractivity contribution >= 4 is 39.9 Å². The minimum absolute atomic E-state index is 0.0325. The van der Waals surface area contributed by atoms with Crippen LogP contribution in [0, 0.1) is 0 Å². The maximum absolute atomic E-state index is 7.13. The van der Waals surface area contributed by atoms with Crippen molar-refractivity contribution in [1.29, 1.82) is 0 Å². The summed E-state index contributed by atoms with van der Waals surface area (Å²) in [5, 5.41) is 0. The normalized spacial score (nSPS) is 26.1. The van der Waals surface area contributed by atoms with Gasteiger partial charge in [0.05, 0.1) is 0 Å². The molecule has 0 N–H and O–H groups in total. The lowest BCUT2D eigenvalue weighted by Gasteiger charge is -2.39. The number of hydrogen-bond donors (Lipinski definition) is 0. The van der Waals surface area contributed by atoms with Crippen LogP contribution in [-0.4, -0.2) is 34.3 Å². The average molecular weight is 540 g/mol. The molecule has 4 nitrogen and oxygen atoms in total. The van der Waals surface area contributed by atoms with Gasteiger partial charge in [0.15, 0.2) is 24.0 Å². The SMILES string of the molecule is C[C@H]1[C@@H](c2ccccc2)OP(=N[Si](C)(C)C)([C@@H](O[Si](C)(C)C)c2ccccc2Br)N1C. The highest BCUT2D eigenvalue weighted by atomic mass is 79.9. The molecule has 0 radical (unpaired) electrons. The lowest BCUT2D eigenvalue weighted by atomic mass is 10.0. The fourth-order valence-electron chi connectivity index (χ4n) is 3.89. The molecular weight excluding hydrogens is 503 g/mol. The molecule has 1 aliphatic rings. The minimum atomic E-state index is -2.49. The summed E-state index contributed by atoms with van der Waals surface area (Å²) in [5.41, 5.74) is 2.33. The van der Waals surface area contributed by atoms with Gasteiger partial charge in [-0.05, 0) is 64.9 Å². The van der Waals surface area contributed by atoms with E-state index in [9.17, 15) is 0 Å². The Hall–Kier alpha value is -0.536. The highest BCUT2D eigenvalue weighted by molar-refractivity contribution is 9.10. The van der Waals surface area contributed by atoms with Crippen molar-refractivity contribution in [2.75, 3.05) is 7.05 Å². The molecule has 0 bridgehead atoms. The molecule has 1 fully saturated rings. The third kappa shape index (κ3) is 5.70. The smallest absolute Gasteiger partial charge is 0.185 e. The summed E-state index contributed by atoms with van der Waals surface area (Å²) in [7, 11) is -4.08. The van der Waals surface area contributed by atoms with E-state index >= 15 is 0 Å². The van der Waals surface area contributed by atoms with Crippen molar-refractivity contribution in [1.82, 2.24) is 4.67 Å². The highest BCUT2D eigenvalue weighted by Crippen LogP contribution is 2.74. The van der Waals surface area contributed by atoms with Gasteiger partial charge >= 0.3 is 0 Å².